The normalized spacial score (nSPS) is 25.2. The fourth-order valence-corrected chi connectivity index (χ4v) is 4.04. The lowest BCUT2D eigenvalue weighted by Gasteiger charge is -2.43. The van der Waals surface area contributed by atoms with Crippen molar-refractivity contribution < 1.29 is 24.4 Å². The standard InChI is InChI=1S/C28H30O5/c1-20-26(31-17-21-11-5-2-6-12-21)24(29)28(33-19-23-15-9-4-10-16-23)25(30)27(20)32-18-22-13-7-3-8-14-22/h2-16,24-30H,1,17-19H2/t24-,25+,26+,27-,28?. The third kappa shape index (κ3) is 5.96. The average Bonchev–Trinajstić information content (AvgIpc) is 2.86. The van der Waals surface area contributed by atoms with Crippen molar-refractivity contribution in [1.29, 1.82) is 0 Å². The van der Waals surface area contributed by atoms with E-state index in [4.69, 9.17) is 14.2 Å². The van der Waals surface area contributed by atoms with Crippen LogP contribution in [-0.4, -0.2) is 40.7 Å². The summed E-state index contributed by atoms with van der Waals surface area (Å²) < 4.78 is 18.2. The van der Waals surface area contributed by atoms with Gasteiger partial charge in [-0.2, -0.15) is 0 Å². The van der Waals surface area contributed by atoms with Crippen LogP contribution in [0.2, 0.25) is 0 Å². The van der Waals surface area contributed by atoms with Gasteiger partial charge in [-0.1, -0.05) is 97.6 Å². The Morgan fingerprint density at radius 3 is 1.24 bits per heavy atom. The monoisotopic (exact) mass is 446 g/mol. The highest BCUT2D eigenvalue weighted by atomic mass is 16.6. The van der Waals surface area contributed by atoms with Gasteiger partial charge in [0, 0.05) is 0 Å². The number of hydrogen-bond acceptors (Lipinski definition) is 5. The van der Waals surface area contributed by atoms with Crippen LogP contribution in [0.3, 0.4) is 0 Å². The van der Waals surface area contributed by atoms with Crippen molar-refractivity contribution in [3.05, 3.63) is 120 Å². The molecule has 5 heteroatoms. The Hall–Kier alpha value is -2.80. The maximum Gasteiger partial charge on any atom is 0.115 e. The minimum absolute atomic E-state index is 0.253. The summed E-state index contributed by atoms with van der Waals surface area (Å²) in [6.45, 7) is 4.98. The van der Waals surface area contributed by atoms with Crippen LogP contribution >= 0.6 is 0 Å². The summed E-state index contributed by atoms with van der Waals surface area (Å²) in [7, 11) is 0. The van der Waals surface area contributed by atoms with Crippen molar-refractivity contribution in [2.45, 2.75) is 50.3 Å². The molecule has 0 spiro atoms. The van der Waals surface area contributed by atoms with Crippen molar-refractivity contribution in [2.75, 3.05) is 0 Å². The van der Waals surface area contributed by atoms with Crippen LogP contribution in [0.5, 0.6) is 0 Å². The van der Waals surface area contributed by atoms with Crippen LogP contribution in [0.1, 0.15) is 16.7 Å². The lowest BCUT2D eigenvalue weighted by molar-refractivity contribution is -0.198. The van der Waals surface area contributed by atoms with Crippen molar-refractivity contribution in [2.24, 2.45) is 0 Å². The molecule has 5 nitrogen and oxygen atoms in total. The van der Waals surface area contributed by atoms with Gasteiger partial charge in [0.25, 0.3) is 0 Å². The first-order valence-corrected chi connectivity index (χ1v) is 11.1. The molecule has 1 aliphatic rings. The van der Waals surface area contributed by atoms with E-state index in [2.05, 4.69) is 6.58 Å². The lowest BCUT2D eigenvalue weighted by Crippen LogP contribution is -2.59. The molecule has 5 atom stereocenters. The van der Waals surface area contributed by atoms with E-state index in [-0.39, 0.29) is 6.61 Å². The van der Waals surface area contributed by atoms with Gasteiger partial charge < -0.3 is 24.4 Å². The predicted molar refractivity (Wildman–Crippen MR) is 126 cm³/mol. The van der Waals surface area contributed by atoms with Crippen molar-refractivity contribution in [1.82, 2.24) is 0 Å². The van der Waals surface area contributed by atoms with E-state index >= 15 is 0 Å². The molecule has 1 aliphatic carbocycles. The van der Waals surface area contributed by atoms with E-state index in [1.54, 1.807) is 0 Å². The van der Waals surface area contributed by atoms with E-state index in [0.29, 0.717) is 18.8 Å². The first kappa shape index (κ1) is 23.4. The largest absolute Gasteiger partial charge is 0.387 e. The Morgan fingerprint density at radius 1 is 0.545 bits per heavy atom. The highest BCUT2D eigenvalue weighted by Gasteiger charge is 2.48. The molecule has 2 N–H and O–H groups in total. The Morgan fingerprint density at radius 2 is 0.879 bits per heavy atom. The summed E-state index contributed by atoms with van der Waals surface area (Å²) in [4.78, 5) is 0. The number of rotatable bonds is 9. The first-order valence-electron chi connectivity index (χ1n) is 11.1. The van der Waals surface area contributed by atoms with Crippen LogP contribution < -0.4 is 0 Å². The van der Waals surface area contributed by atoms with Gasteiger partial charge in [-0.15, -0.1) is 0 Å². The molecule has 0 aromatic heterocycles. The molecule has 4 rings (SSSR count). The summed E-state index contributed by atoms with van der Waals surface area (Å²) in [5.41, 5.74) is 3.41. The number of hydrogen-bond donors (Lipinski definition) is 2. The fourth-order valence-electron chi connectivity index (χ4n) is 4.04. The Bertz CT molecular complexity index is 933. The van der Waals surface area contributed by atoms with Gasteiger partial charge in [-0.25, -0.2) is 0 Å². The molecule has 0 aliphatic heterocycles. The van der Waals surface area contributed by atoms with Crippen molar-refractivity contribution in [3.63, 3.8) is 0 Å². The average molecular weight is 447 g/mol. The molecule has 0 saturated heterocycles. The van der Waals surface area contributed by atoms with Gasteiger partial charge in [0.15, 0.2) is 0 Å². The van der Waals surface area contributed by atoms with Crippen LogP contribution in [0.15, 0.2) is 103 Å². The number of benzene rings is 3. The van der Waals surface area contributed by atoms with E-state index in [0.717, 1.165) is 16.7 Å². The number of aliphatic hydroxyl groups excluding tert-OH is 2. The van der Waals surface area contributed by atoms with Crippen LogP contribution in [-0.2, 0) is 34.0 Å². The highest BCUT2D eigenvalue weighted by Crippen LogP contribution is 2.32. The molecule has 172 valence electrons. The molecule has 33 heavy (non-hydrogen) atoms. The zero-order chi connectivity index (χ0) is 23.0. The van der Waals surface area contributed by atoms with E-state index in [1.807, 2.05) is 91.0 Å². The van der Waals surface area contributed by atoms with Crippen LogP contribution in [0.25, 0.3) is 0 Å². The van der Waals surface area contributed by atoms with Gasteiger partial charge in [-0.05, 0) is 22.3 Å². The summed E-state index contributed by atoms with van der Waals surface area (Å²) in [5, 5.41) is 22.2. The number of aliphatic hydroxyl groups is 2. The Kier molecular flexibility index (Phi) is 8.05. The molecular weight excluding hydrogens is 416 g/mol. The molecule has 3 aromatic rings. The fraction of sp³-hybridized carbons (Fsp3) is 0.286. The van der Waals surface area contributed by atoms with Gasteiger partial charge >= 0.3 is 0 Å². The molecule has 0 bridgehead atoms. The zero-order valence-corrected chi connectivity index (χ0v) is 18.5. The summed E-state index contributed by atoms with van der Waals surface area (Å²) in [5.74, 6) is 0. The van der Waals surface area contributed by atoms with E-state index < -0.39 is 30.5 Å². The maximum absolute atomic E-state index is 11.1. The smallest absolute Gasteiger partial charge is 0.115 e. The molecule has 1 saturated carbocycles. The molecular formula is C28H30O5. The lowest BCUT2D eigenvalue weighted by atomic mass is 9.83. The van der Waals surface area contributed by atoms with Crippen molar-refractivity contribution >= 4 is 0 Å². The molecule has 0 heterocycles. The molecule has 3 aromatic carbocycles. The summed E-state index contributed by atoms with van der Waals surface area (Å²) >= 11 is 0. The maximum atomic E-state index is 11.1. The minimum atomic E-state index is -1.09. The van der Waals surface area contributed by atoms with Gasteiger partial charge in [0.1, 0.15) is 30.5 Å². The SMILES string of the molecule is C=C1[C@@H](OCc2ccccc2)[C@H](O)C(OCc2ccccc2)[C@H](O)[C@H]1OCc1ccccc1. The summed E-state index contributed by atoms with van der Waals surface area (Å²) in [6.07, 6.45) is -4.55. The van der Waals surface area contributed by atoms with Gasteiger partial charge in [0.2, 0.25) is 0 Å². The second kappa shape index (κ2) is 11.4. The van der Waals surface area contributed by atoms with Crippen LogP contribution in [0, 0.1) is 0 Å². The van der Waals surface area contributed by atoms with E-state index in [9.17, 15) is 10.2 Å². The predicted octanol–water partition coefficient (Wildman–Crippen LogP) is 4.03. The second-order valence-corrected chi connectivity index (χ2v) is 8.25. The molecule has 0 radical (unpaired) electrons. The molecule has 1 unspecified atom stereocenters. The quantitative estimate of drug-likeness (QED) is 0.486. The molecule has 0 amide bonds. The third-order valence-electron chi connectivity index (χ3n) is 5.85. The minimum Gasteiger partial charge on any atom is -0.387 e. The third-order valence-corrected chi connectivity index (χ3v) is 5.85. The molecule has 1 fully saturated rings. The Labute approximate surface area is 194 Å². The first-order chi connectivity index (χ1) is 16.1. The van der Waals surface area contributed by atoms with Gasteiger partial charge in [0.05, 0.1) is 19.8 Å². The summed E-state index contributed by atoms with van der Waals surface area (Å²) in [6, 6.07) is 29.1. The van der Waals surface area contributed by atoms with Crippen molar-refractivity contribution in [3.8, 4) is 0 Å². The Balaban J connectivity index is 1.50. The highest BCUT2D eigenvalue weighted by molar-refractivity contribution is 5.23. The van der Waals surface area contributed by atoms with Gasteiger partial charge in [-0.3, -0.25) is 0 Å². The number of ether oxygens (including phenoxy) is 3. The van der Waals surface area contributed by atoms with E-state index in [1.165, 1.54) is 0 Å². The topological polar surface area (TPSA) is 68.2 Å². The van der Waals surface area contributed by atoms with Crippen LogP contribution in [0.4, 0.5) is 0 Å². The zero-order valence-electron chi connectivity index (χ0n) is 18.5. The second-order valence-electron chi connectivity index (χ2n) is 8.25.